The molecule has 8 heteroatoms. The maximum Gasteiger partial charge on any atom is 0.306 e. The Balaban J connectivity index is 1.12. The fourth-order valence-corrected chi connectivity index (χ4v) is 8.62. The van der Waals surface area contributed by atoms with Gasteiger partial charge in [0.1, 0.15) is 11.4 Å². The summed E-state index contributed by atoms with van der Waals surface area (Å²) in [6.07, 6.45) is 7.90. The van der Waals surface area contributed by atoms with Crippen molar-refractivity contribution in [2.45, 2.75) is 90.2 Å². The minimum absolute atomic E-state index is 0.0271. The van der Waals surface area contributed by atoms with Crippen LogP contribution >= 0.6 is 0 Å². The fraction of sp³-hybridized carbons (Fsp3) is 0.636. The normalized spacial score (nSPS) is 34.0. The first-order valence-electron chi connectivity index (χ1n) is 15.0. The first-order chi connectivity index (χ1) is 19.5. The van der Waals surface area contributed by atoms with E-state index in [1.807, 2.05) is 37.3 Å². The molecule has 0 aromatic heterocycles. The number of amides is 1. The maximum atomic E-state index is 13.4. The molecule has 0 aliphatic heterocycles. The van der Waals surface area contributed by atoms with E-state index in [-0.39, 0.29) is 35.9 Å². The van der Waals surface area contributed by atoms with Gasteiger partial charge < -0.3 is 19.9 Å². The quantitative estimate of drug-likeness (QED) is 0.424. The zero-order valence-electron chi connectivity index (χ0n) is 24.5. The molecule has 1 aromatic carbocycles. The number of nitrogens with one attached hydrogen (secondary N) is 1. The molecule has 0 heterocycles. The Morgan fingerprint density at radius 1 is 0.976 bits per heavy atom. The number of ketones is 2. The van der Waals surface area contributed by atoms with Gasteiger partial charge in [0, 0.05) is 24.8 Å². The Labute approximate surface area is 242 Å². The van der Waals surface area contributed by atoms with Crippen LogP contribution in [0.2, 0.25) is 0 Å². The van der Waals surface area contributed by atoms with Crippen molar-refractivity contribution in [3.63, 3.8) is 0 Å². The van der Waals surface area contributed by atoms with Gasteiger partial charge in [0.05, 0.1) is 13.5 Å². The van der Waals surface area contributed by atoms with Crippen molar-refractivity contribution in [2.24, 2.45) is 28.6 Å². The van der Waals surface area contributed by atoms with Gasteiger partial charge in [-0.3, -0.25) is 19.2 Å². The van der Waals surface area contributed by atoms with Crippen LogP contribution in [0.15, 0.2) is 35.9 Å². The van der Waals surface area contributed by atoms with Crippen LogP contribution in [0, 0.1) is 28.6 Å². The van der Waals surface area contributed by atoms with Crippen molar-refractivity contribution in [2.75, 3.05) is 13.7 Å². The lowest BCUT2D eigenvalue weighted by atomic mass is 9.46. The average molecular weight is 566 g/mol. The number of methoxy groups -OCH3 is 1. The van der Waals surface area contributed by atoms with Crippen molar-refractivity contribution in [1.29, 1.82) is 0 Å². The van der Waals surface area contributed by atoms with Crippen molar-refractivity contribution in [3.8, 4) is 5.75 Å². The molecule has 1 amide bonds. The number of rotatable bonds is 9. The van der Waals surface area contributed by atoms with Gasteiger partial charge in [0.2, 0.25) is 11.7 Å². The van der Waals surface area contributed by atoms with Gasteiger partial charge in [-0.15, -0.1) is 0 Å². The van der Waals surface area contributed by atoms with Gasteiger partial charge in [0.25, 0.3) is 0 Å². The number of carbonyl (C=O) groups is 4. The second-order valence-electron chi connectivity index (χ2n) is 13.0. The van der Waals surface area contributed by atoms with Gasteiger partial charge in [-0.25, -0.2) is 0 Å². The van der Waals surface area contributed by atoms with Crippen molar-refractivity contribution in [1.82, 2.24) is 5.32 Å². The number of ether oxygens (including phenoxy) is 2. The Bertz CT molecular complexity index is 1240. The molecule has 2 N–H and O–H groups in total. The number of fused-ring (bicyclic) bond motifs is 5. The number of aliphatic hydroxyl groups is 1. The Morgan fingerprint density at radius 3 is 2.44 bits per heavy atom. The number of allylic oxidation sites excluding steroid dienone is 1. The van der Waals surface area contributed by atoms with Gasteiger partial charge in [-0.1, -0.05) is 31.6 Å². The highest BCUT2D eigenvalue weighted by Crippen LogP contribution is 2.67. The van der Waals surface area contributed by atoms with Crippen LogP contribution in [-0.4, -0.2) is 47.9 Å². The number of benzene rings is 1. The van der Waals surface area contributed by atoms with E-state index >= 15 is 0 Å². The molecule has 4 aliphatic rings. The summed E-state index contributed by atoms with van der Waals surface area (Å²) in [5, 5.41) is 14.6. The predicted octanol–water partition coefficient (Wildman–Crippen LogP) is 4.47. The third kappa shape index (κ3) is 5.36. The lowest BCUT2D eigenvalue weighted by Gasteiger charge is -2.58. The van der Waals surface area contributed by atoms with Crippen LogP contribution in [0.4, 0.5) is 0 Å². The highest BCUT2D eigenvalue weighted by Gasteiger charge is 2.66. The van der Waals surface area contributed by atoms with Crippen LogP contribution in [0.3, 0.4) is 0 Å². The van der Waals surface area contributed by atoms with Gasteiger partial charge in [-0.05, 0) is 91.9 Å². The highest BCUT2D eigenvalue weighted by atomic mass is 16.5. The molecule has 0 spiro atoms. The number of Topliss-reactive ketones (excluding diaryl/α,β-unsaturated/α-hetero) is 1. The molecule has 3 saturated carbocycles. The van der Waals surface area contributed by atoms with Gasteiger partial charge in [-0.2, -0.15) is 0 Å². The number of hydrogen-bond acceptors (Lipinski definition) is 7. The number of esters is 1. The largest absolute Gasteiger partial charge is 0.497 e. The second kappa shape index (κ2) is 11.3. The zero-order valence-corrected chi connectivity index (χ0v) is 24.5. The van der Waals surface area contributed by atoms with E-state index in [1.165, 1.54) is 5.57 Å². The molecule has 1 aromatic rings. The molecule has 5 rings (SSSR count). The summed E-state index contributed by atoms with van der Waals surface area (Å²) in [6.45, 7) is 4.22. The molecule has 3 fully saturated rings. The Hall–Kier alpha value is -3.00. The summed E-state index contributed by atoms with van der Waals surface area (Å²) in [5.74, 6) is 0.698. The fourth-order valence-electron chi connectivity index (χ4n) is 8.62. The summed E-state index contributed by atoms with van der Waals surface area (Å²) < 4.78 is 10.4. The van der Waals surface area contributed by atoms with Gasteiger partial charge >= 0.3 is 5.97 Å². The van der Waals surface area contributed by atoms with E-state index in [1.54, 1.807) is 7.11 Å². The minimum Gasteiger partial charge on any atom is -0.497 e. The molecule has 41 heavy (non-hydrogen) atoms. The van der Waals surface area contributed by atoms with Crippen LogP contribution in [0.25, 0.3) is 0 Å². The Kier molecular flexibility index (Phi) is 8.16. The maximum absolute atomic E-state index is 13.4. The summed E-state index contributed by atoms with van der Waals surface area (Å²) >= 11 is 0. The first-order valence-corrected chi connectivity index (χ1v) is 15.0. The predicted molar refractivity (Wildman–Crippen MR) is 152 cm³/mol. The third-order valence-corrected chi connectivity index (χ3v) is 11.1. The van der Waals surface area contributed by atoms with Crippen LogP contribution in [0.1, 0.15) is 83.6 Å². The molecule has 0 saturated heterocycles. The summed E-state index contributed by atoms with van der Waals surface area (Å²) in [6, 6.07) is 7.33. The van der Waals surface area contributed by atoms with Crippen molar-refractivity contribution < 1.29 is 33.8 Å². The lowest BCUT2D eigenvalue weighted by molar-refractivity contribution is -0.170. The molecular weight excluding hydrogens is 522 g/mol. The number of hydrogen-bond donors (Lipinski definition) is 2. The van der Waals surface area contributed by atoms with Crippen molar-refractivity contribution >= 4 is 23.4 Å². The molecule has 0 unspecified atom stereocenters. The molecule has 6 atom stereocenters. The monoisotopic (exact) mass is 565 g/mol. The molecular formula is C33H43NO7. The second-order valence-corrected chi connectivity index (χ2v) is 13.0. The van der Waals surface area contributed by atoms with Gasteiger partial charge in [0.15, 0.2) is 12.4 Å². The van der Waals surface area contributed by atoms with Crippen molar-refractivity contribution in [3.05, 3.63) is 41.5 Å². The van der Waals surface area contributed by atoms with E-state index in [2.05, 4.69) is 12.2 Å². The smallest absolute Gasteiger partial charge is 0.306 e. The SMILES string of the molecule is COc1ccc(CNC(=O)CCC(=O)OCC(=O)[C@@]2(O)CC[C@@H]3[C@H]4CCC5=CC(=O)CC[C@]5(C)[C@@H]4CC[C@@]32C)cc1. The molecule has 4 aliphatic carbocycles. The lowest BCUT2D eigenvalue weighted by Crippen LogP contribution is -2.58. The number of carbonyl (C=O) groups excluding carboxylic acids is 4. The van der Waals surface area contributed by atoms with Crippen LogP contribution < -0.4 is 10.1 Å². The van der Waals surface area contributed by atoms with E-state index < -0.39 is 29.4 Å². The topological polar surface area (TPSA) is 119 Å². The molecule has 0 radical (unpaired) electrons. The molecule has 8 nitrogen and oxygen atoms in total. The zero-order chi connectivity index (χ0) is 29.4. The molecule has 222 valence electrons. The summed E-state index contributed by atoms with van der Waals surface area (Å²) in [5.41, 5.74) is 0.133. The standard InChI is InChI=1S/C33H43NO7/c1-31-15-12-23(35)18-22(31)6-9-25-26(31)13-16-32(2)27(25)14-17-33(32,39)28(36)20-41-30(38)11-10-29(37)34-19-21-4-7-24(40-3)8-5-21/h4-5,7-8,18,25-27,39H,6,9-17,19-20H2,1-3H3,(H,34,37)/t25-,26+,27+,31-,32-,33-/m0/s1. The van der Waals surface area contributed by atoms with E-state index in [0.717, 1.165) is 49.8 Å². The van der Waals surface area contributed by atoms with E-state index in [4.69, 9.17) is 9.47 Å². The third-order valence-electron chi connectivity index (χ3n) is 11.1. The minimum atomic E-state index is -1.53. The van der Waals surface area contributed by atoms with Crippen LogP contribution in [-0.2, 0) is 30.5 Å². The summed E-state index contributed by atoms with van der Waals surface area (Å²) in [4.78, 5) is 50.1. The first kappa shape index (κ1) is 29.5. The van der Waals surface area contributed by atoms with E-state index in [0.29, 0.717) is 31.2 Å². The highest BCUT2D eigenvalue weighted by molar-refractivity contribution is 5.92. The van der Waals surface area contributed by atoms with E-state index in [9.17, 15) is 24.3 Å². The summed E-state index contributed by atoms with van der Waals surface area (Å²) in [7, 11) is 1.59. The molecule has 0 bridgehead atoms. The Morgan fingerprint density at radius 2 is 1.71 bits per heavy atom. The van der Waals surface area contributed by atoms with Crippen LogP contribution in [0.5, 0.6) is 5.75 Å². The average Bonchev–Trinajstić information content (AvgIpc) is 3.25.